The molecule has 0 fully saturated rings. The number of aromatic nitrogens is 4. The molecule has 1 amide bonds. The fourth-order valence-corrected chi connectivity index (χ4v) is 2.11. The summed E-state index contributed by atoms with van der Waals surface area (Å²) in [5.41, 5.74) is 0.276. The molecule has 0 aliphatic rings. The summed E-state index contributed by atoms with van der Waals surface area (Å²) >= 11 is 11.7. The van der Waals surface area contributed by atoms with E-state index in [1.54, 1.807) is 32.3 Å². The lowest BCUT2D eigenvalue weighted by molar-refractivity contribution is 0.0490. The molecule has 2 heterocycles. The monoisotopic (exact) mass is 331 g/mol. The van der Waals surface area contributed by atoms with E-state index in [0.29, 0.717) is 11.2 Å². The Morgan fingerprint density at radius 3 is 2.67 bits per heavy atom. The molecule has 0 aromatic carbocycles. The fraction of sp³-hybridized carbons (Fsp3) is 0.500. The van der Waals surface area contributed by atoms with Gasteiger partial charge in [0.15, 0.2) is 10.8 Å². The number of amides is 1. The second-order valence-corrected chi connectivity index (χ2v) is 6.13. The molecule has 9 heteroatoms. The van der Waals surface area contributed by atoms with Crippen molar-refractivity contribution in [1.82, 2.24) is 24.8 Å². The molecule has 2 aromatic rings. The molecule has 0 spiro atoms. The number of carbonyl (C=O) groups is 1. The van der Waals surface area contributed by atoms with Crippen LogP contribution in [0.2, 0.25) is 10.4 Å². The molecule has 1 atom stereocenters. The molecule has 0 radical (unpaired) electrons. The molecule has 0 saturated carbocycles. The predicted molar refractivity (Wildman–Crippen MR) is 79.4 cm³/mol. The smallest absolute Gasteiger partial charge is 0.409 e. The number of nitrogens with zero attached hydrogens (tertiary/aromatic N) is 4. The van der Waals surface area contributed by atoms with Gasteiger partial charge in [0.1, 0.15) is 17.3 Å². The van der Waals surface area contributed by atoms with Crippen LogP contribution in [0.3, 0.4) is 0 Å². The van der Waals surface area contributed by atoms with Crippen molar-refractivity contribution in [3.05, 3.63) is 16.8 Å². The van der Waals surface area contributed by atoms with Gasteiger partial charge in [-0.15, -0.1) is 0 Å². The number of alkyl carbamates (subject to hydrolysis) is 1. The number of hydrogen-bond acceptors (Lipinski definition) is 5. The molecule has 0 bridgehead atoms. The lowest BCUT2D eigenvalue weighted by atomic mass is 10.2. The molecule has 0 aliphatic carbocycles. The quantitative estimate of drug-likeness (QED) is 0.675. The Bertz CT molecular complexity index is 680. The maximum Gasteiger partial charge on any atom is 0.409 e. The molecule has 2 aromatic heterocycles. The average Bonchev–Trinajstić information content (AvgIpc) is 2.69. The second kappa shape index (κ2) is 5.65. The Balaban J connectivity index is 2.24. The van der Waals surface area contributed by atoms with Gasteiger partial charge in [0.05, 0.1) is 6.33 Å². The van der Waals surface area contributed by atoms with E-state index >= 15 is 0 Å². The third-order valence-corrected chi connectivity index (χ3v) is 2.93. The lowest BCUT2D eigenvalue weighted by Gasteiger charge is -2.22. The van der Waals surface area contributed by atoms with Crippen LogP contribution in [0.15, 0.2) is 6.33 Å². The van der Waals surface area contributed by atoms with Crippen molar-refractivity contribution in [2.75, 3.05) is 0 Å². The van der Waals surface area contributed by atoms with E-state index in [4.69, 9.17) is 27.9 Å². The number of fused-ring (bicyclic) bond motifs is 1. The van der Waals surface area contributed by atoms with Gasteiger partial charge in [-0.2, -0.15) is 4.98 Å². The maximum atomic E-state index is 11.8. The van der Waals surface area contributed by atoms with Crippen molar-refractivity contribution in [1.29, 1.82) is 0 Å². The summed E-state index contributed by atoms with van der Waals surface area (Å²) < 4.78 is 6.82. The summed E-state index contributed by atoms with van der Waals surface area (Å²) in [4.78, 5) is 23.8. The topological polar surface area (TPSA) is 81.9 Å². The van der Waals surface area contributed by atoms with Crippen molar-refractivity contribution in [3.63, 3.8) is 0 Å². The summed E-state index contributed by atoms with van der Waals surface area (Å²) in [7, 11) is 0. The van der Waals surface area contributed by atoms with Crippen molar-refractivity contribution in [3.8, 4) is 0 Å². The van der Waals surface area contributed by atoms with Crippen LogP contribution in [0.4, 0.5) is 4.79 Å². The molecule has 21 heavy (non-hydrogen) atoms. The normalized spacial score (nSPS) is 13.2. The number of imidazole rings is 1. The first-order valence-corrected chi connectivity index (χ1v) is 6.98. The summed E-state index contributed by atoms with van der Waals surface area (Å²) in [6, 6.07) is 0. The Morgan fingerprint density at radius 2 is 2.05 bits per heavy atom. The van der Waals surface area contributed by atoms with E-state index in [2.05, 4.69) is 20.3 Å². The SMILES string of the molecule is CC(NC(=O)OC(C)(C)C)n1cnc2c(Cl)nc(Cl)nc21. The van der Waals surface area contributed by atoms with Crippen LogP contribution in [-0.4, -0.2) is 31.2 Å². The molecule has 0 aliphatic heterocycles. The van der Waals surface area contributed by atoms with Crippen molar-refractivity contribution < 1.29 is 9.53 Å². The van der Waals surface area contributed by atoms with Gasteiger partial charge in [-0.1, -0.05) is 11.6 Å². The van der Waals surface area contributed by atoms with E-state index in [1.165, 1.54) is 6.33 Å². The van der Waals surface area contributed by atoms with Gasteiger partial charge in [0.2, 0.25) is 5.28 Å². The Kier molecular flexibility index (Phi) is 4.25. The minimum Gasteiger partial charge on any atom is -0.444 e. The number of nitrogens with one attached hydrogen (secondary N) is 1. The Hall–Kier alpha value is -1.60. The zero-order chi connectivity index (χ0) is 15.8. The van der Waals surface area contributed by atoms with Gasteiger partial charge in [0, 0.05) is 0 Å². The number of ether oxygens (including phenoxy) is 1. The van der Waals surface area contributed by atoms with Crippen LogP contribution in [0.1, 0.15) is 33.9 Å². The van der Waals surface area contributed by atoms with Crippen LogP contribution in [0.25, 0.3) is 11.2 Å². The van der Waals surface area contributed by atoms with Crippen LogP contribution in [-0.2, 0) is 4.74 Å². The van der Waals surface area contributed by atoms with Crippen LogP contribution in [0.5, 0.6) is 0 Å². The predicted octanol–water partition coefficient (Wildman–Crippen LogP) is 3.18. The number of hydrogen-bond donors (Lipinski definition) is 1. The van der Waals surface area contributed by atoms with Gasteiger partial charge in [-0.05, 0) is 39.3 Å². The molecule has 1 N–H and O–H groups in total. The minimum absolute atomic E-state index is 0.0127. The maximum absolute atomic E-state index is 11.8. The number of carbonyl (C=O) groups excluding carboxylic acids is 1. The minimum atomic E-state index is -0.574. The summed E-state index contributed by atoms with van der Waals surface area (Å²) in [6.45, 7) is 7.12. The van der Waals surface area contributed by atoms with Gasteiger partial charge < -0.3 is 10.1 Å². The zero-order valence-corrected chi connectivity index (χ0v) is 13.5. The highest BCUT2D eigenvalue weighted by Gasteiger charge is 2.20. The number of rotatable bonds is 2. The van der Waals surface area contributed by atoms with Gasteiger partial charge in [-0.3, -0.25) is 4.57 Å². The molecule has 2 rings (SSSR count). The van der Waals surface area contributed by atoms with Gasteiger partial charge >= 0.3 is 6.09 Å². The summed E-state index contributed by atoms with van der Waals surface area (Å²) in [5.74, 6) is 0. The third kappa shape index (κ3) is 3.74. The van der Waals surface area contributed by atoms with Gasteiger partial charge in [-0.25, -0.2) is 14.8 Å². The van der Waals surface area contributed by atoms with E-state index < -0.39 is 17.9 Å². The van der Waals surface area contributed by atoms with E-state index in [0.717, 1.165) is 0 Å². The van der Waals surface area contributed by atoms with Gasteiger partial charge in [0.25, 0.3) is 0 Å². The first-order valence-electron chi connectivity index (χ1n) is 6.22. The third-order valence-electron chi connectivity index (χ3n) is 2.49. The largest absolute Gasteiger partial charge is 0.444 e. The van der Waals surface area contributed by atoms with Crippen LogP contribution in [0, 0.1) is 0 Å². The zero-order valence-electron chi connectivity index (χ0n) is 12.0. The molecular formula is C12H15Cl2N5O2. The second-order valence-electron chi connectivity index (χ2n) is 5.43. The highest BCUT2D eigenvalue weighted by molar-refractivity contribution is 6.35. The first-order chi connectivity index (χ1) is 9.67. The molecule has 7 nitrogen and oxygen atoms in total. The van der Waals surface area contributed by atoms with Crippen LogP contribution < -0.4 is 5.32 Å². The average molecular weight is 332 g/mol. The fourth-order valence-electron chi connectivity index (χ4n) is 1.69. The number of halogens is 2. The molecule has 0 saturated heterocycles. The van der Waals surface area contributed by atoms with Crippen molar-refractivity contribution >= 4 is 40.5 Å². The standard InChI is InChI=1S/C12H15Cl2N5O2/c1-6(16-11(20)21-12(2,3)4)19-5-15-7-8(13)17-10(14)18-9(7)19/h5-6H,1-4H3,(H,16,20). The Labute approximate surface area is 131 Å². The highest BCUT2D eigenvalue weighted by Crippen LogP contribution is 2.22. The van der Waals surface area contributed by atoms with E-state index in [1.807, 2.05) is 0 Å². The molecular weight excluding hydrogens is 317 g/mol. The molecule has 114 valence electrons. The summed E-state index contributed by atoms with van der Waals surface area (Å²) in [5, 5.41) is 2.86. The van der Waals surface area contributed by atoms with E-state index in [-0.39, 0.29) is 10.4 Å². The lowest BCUT2D eigenvalue weighted by Crippen LogP contribution is -2.35. The van der Waals surface area contributed by atoms with E-state index in [9.17, 15) is 4.79 Å². The van der Waals surface area contributed by atoms with Crippen LogP contribution >= 0.6 is 23.2 Å². The first kappa shape index (κ1) is 15.8. The molecule has 1 unspecified atom stereocenters. The highest BCUT2D eigenvalue weighted by atomic mass is 35.5. The van der Waals surface area contributed by atoms with Crippen molar-refractivity contribution in [2.45, 2.75) is 39.5 Å². The Morgan fingerprint density at radius 1 is 1.38 bits per heavy atom. The van der Waals surface area contributed by atoms with Crippen molar-refractivity contribution in [2.24, 2.45) is 0 Å². The summed E-state index contributed by atoms with van der Waals surface area (Å²) in [6.07, 6.45) is 0.527.